The molecule has 0 saturated carbocycles. The molecule has 0 bridgehead atoms. The van der Waals surface area contributed by atoms with Crippen LogP contribution in [0, 0.1) is 11.5 Å². The third kappa shape index (κ3) is 4.44. The SMILES string of the molecule is O=C1CC2(CCN(Cc3ccccc3)CC2)CN1c1cc[c-]cc1.[K+]. The van der Waals surface area contributed by atoms with Crippen LogP contribution in [0.3, 0.4) is 0 Å². The van der Waals surface area contributed by atoms with Gasteiger partial charge in [0.25, 0.3) is 0 Å². The molecule has 1 amide bonds. The molecule has 2 aromatic carbocycles. The van der Waals surface area contributed by atoms with Gasteiger partial charge in [0.15, 0.2) is 0 Å². The molecule has 0 N–H and O–H groups in total. The molecule has 1 spiro atoms. The summed E-state index contributed by atoms with van der Waals surface area (Å²) in [5, 5.41) is 0. The van der Waals surface area contributed by atoms with E-state index in [1.807, 2.05) is 29.2 Å². The molecule has 2 fully saturated rings. The Labute approximate surface area is 192 Å². The van der Waals surface area contributed by atoms with Crippen molar-refractivity contribution in [2.24, 2.45) is 5.41 Å². The van der Waals surface area contributed by atoms with Crippen molar-refractivity contribution in [2.45, 2.75) is 25.8 Å². The summed E-state index contributed by atoms with van der Waals surface area (Å²) in [4.78, 5) is 17.0. The number of nitrogens with zero attached hydrogens (tertiary/aromatic N) is 2. The minimum absolute atomic E-state index is 0. The van der Waals surface area contributed by atoms with Crippen molar-refractivity contribution in [3.8, 4) is 0 Å². The van der Waals surface area contributed by atoms with Crippen LogP contribution in [0.4, 0.5) is 5.69 Å². The average molecular weight is 359 g/mol. The normalized spacial score (nSPS) is 19.8. The zero-order chi connectivity index (χ0) is 16.4. The zero-order valence-electron chi connectivity index (χ0n) is 14.9. The van der Waals surface area contributed by atoms with Crippen molar-refractivity contribution in [1.29, 1.82) is 0 Å². The number of carbonyl (C=O) groups excluding carboxylic acids is 1. The van der Waals surface area contributed by atoms with E-state index in [-0.39, 0.29) is 62.7 Å². The van der Waals surface area contributed by atoms with Crippen LogP contribution in [-0.4, -0.2) is 30.4 Å². The van der Waals surface area contributed by atoms with E-state index in [0.29, 0.717) is 6.42 Å². The number of anilines is 1. The number of benzene rings is 2. The van der Waals surface area contributed by atoms with Crippen molar-refractivity contribution < 1.29 is 56.2 Å². The summed E-state index contributed by atoms with van der Waals surface area (Å²) >= 11 is 0. The first-order valence-corrected chi connectivity index (χ1v) is 8.77. The van der Waals surface area contributed by atoms with E-state index in [0.717, 1.165) is 44.7 Å². The second-order valence-electron chi connectivity index (χ2n) is 7.18. The summed E-state index contributed by atoms with van der Waals surface area (Å²) in [7, 11) is 0. The Morgan fingerprint density at radius 3 is 2.36 bits per heavy atom. The summed E-state index contributed by atoms with van der Waals surface area (Å²) < 4.78 is 0. The van der Waals surface area contributed by atoms with Crippen LogP contribution < -0.4 is 56.3 Å². The van der Waals surface area contributed by atoms with Gasteiger partial charge in [-0.25, -0.2) is 0 Å². The number of likely N-dealkylation sites (tertiary alicyclic amines) is 1. The van der Waals surface area contributed by atoms with Crippen molar-refractivity contribution in [2.75, 3.05) is 24.5 Å². The second kappa shape index (κ2) is 8.46. The third-order valence-corrected chi connectivity index (χ3v) is 5.50. The molecule has 0 aromatic heterocycles. The molecule has 124 valence electrons. The molecule has 2 aliphatic rings. The minimum atomic E-state index is 0. The van der Waals surface area contributed by atoms with E-state index < -0.39 is 0 Å². The van der Waals surface area contributed by atoms with Crippen LogP contribution in [-0.2, 0) is 11.3 Å². The second-order valence-corrected chi connectivity index (χ2v) is 7.18. The van der Waals surface area contributed by atoms with Crippen LogP contribution in [0.15, 0.2) is 54.6 Å². The molecule has 0 unspecified atom stereocenters. The Hall–Kier alpha value is -0.494. The summed E-state index contributed by atoms with van der Waals surface area (Å²) in [6.45, 7) is 4.05. The largest absolute Gasteiger partial charge is 1.00 e. The van der Waals surface area contributed by atoms with E-state index in [1.54, 1.807) is 0 Å². The van der Waals surface area contributed by atoms with Crippen LogP contribution >= 0.6 is 0 Å². The molecule has 2 saturated heterocycles. The topological polar surface area (TPSA) is 23.6 Å². The first-order chi connectivity index (χ1) is 11.7. The Bertz CT molecular complexity index is 696. The van der Waals surface area contributed by atoms with Gasteiger partial charge < -0.3 is 4.90 Å². The summed E-state index contributed by atoms with van der Waals surface area (Å²) in [6.07, 6.45) is 2.92. The molecule has 2 heterocycles. The fraction of sp³-hybridized carbons (Fsp3) is 0.381. The fourth-order valence-corrected chi connectivity index (χ4v) is 4.05. The Morgan fingerprint density at radius 2 is 1.68 bits per heavy atom. The standard InChI is InChI=1S/C21H23N2O.K/c24-20-15-21(17-23(20)19-9-5-2-6-10-19)11-13-22(14-12-21)16-18-7-3-1-4-8-18;/h1,3-10H,11-17H2;/q-1;+1. The number of rotatable bonds is 3. The Balaban J connectivity index is 0.00000182. The zero-order valence-corrected chi connectivity index (χ0v) is 18.1. The minimum Gasteiger partial charge on any atom is -0.335 e. The quantitative estimate of drug-likeness (QED) is 0.590. The predicted octanol–water partition coefficient (Wildman–Crippen LogP) is 0.510. The molecule has 4 rings (SSSR count). The fourth-order valence-electron chi connectivity index (χ4n) is 4.05. The van der Waals surface area contributed by atoms with Crippen LogP contribution in [0.25, 0.3) is 0 Å². The molecule has 2 aromatic rings. The molecule has 0 radical (unpaired) electrons. The summed E-state index contributed by atoms with van der Waals surface area (Å²) in [5.74, 6) is 0.276. The van der Waals surface area contributed by atoms with Gasteiger partial charge in [-0.05, 0) is 36.9 Å². The summed E-state index contributed by atoms with van der Waals surface area (Å²) in [5.41, 5.74) is 2.56. The summed E-state index contributed by atoms with van der Waals surface area (Å²) in [6, 6.07) is 21.4. The van der Waals surface area contributed by atoms with E-state index in [2.05, 4.69) is 41.3 Å². The molecule has 0 atom stereocenters. The van der Waals surface area contributed by atoms with E-state index >= 15 is 0 Å². The van der Waals surface area contributed by atoms with Gasteiger partial charge in [-0.2, -0.15) is 18.2 Å². The van der Waals surface area contributed by atoms with Gasteiger partial charge in [0, 0.05) is 19.5 Å². The molecular weight excluding hydrogens is 335 g/mol. The average Bonchev–Trinajstić information content (AvgIpc) is 2.95. The first-order valence-electron chi connectivity index (χ1n) is 8.77. The van der Waals surface area contributed by atoms with E-state index in [1.165, 1.54) is 5.56 Å². The number of piperidine rings is 1. The number of carbonyl (C=O) groups is 1. The van der Waals surface area contributed by atoms with Crippen molar-refractivity contribution in [3.05, 3.63) is 66.2 Å². The molecule has 3 nitrogen and oxygen atoms in total. The van der Waals surface area contributed by atoms with Gasteiger partial charge in [0.05, 0.1) is 0 Å². The maximum Gasteiger partial charge on any atom is 1.00 e. The van der Waals surface area contributed by atoms with Gasteiger partial charge in [-0.3, -0.25) is 9.69 Å². The van der Waals surface area contributed by atoms with Gasteiger partial charge in [0.2, 0.25) is 5.91 Å². The van der Waals surface area contributed by atoms with Crippen molar-refractivity contribution in [1.82, 2.24) is 4.90 Å². The van der Waals surface area contributed by atoms with Gasteiger partial charge >= 0.3 is 51.4 Å². The third-order valence-electron chi connectivity index (χ3n) is 5.50. The number of hydrogen-bond acceptors (Lipinski definition) is 2. The maximum atomic E-state index is 12.5. The van der Waals surface area contributed by atoms with Crippen LogP contribution in [0.1, 0.15) is 24.8 Å². The monoisotopic (exact) mass is 358 g/mol. The maximum absolute atomic E-state index is 12.5. The van der Waals surface area contributed by atoms with Crippen molar-refractivity contribution >= 4 is 11.6 Å². The Kier molecular flexibility index (Phi) is 6.53. The Morgan fingerprint density at radius 1 is 1.00 bits per heavy atom. The van der Waals surface area contributed by atoms with Gasteiger partial charge in [0.1, 0.15) is 0 Å². The molecule has 0 aliphatic carbocycles. The molecule has 4 heteroatoms. The van der Waals surface area contributed by atoms with E-state index in [4.69, 9.17) is 0 Å². The predicted molar refractivity (Wildman–Crippen MR) is 95.6 cm³/mol. The first kappa shape index (κ1) is 19.3. The molecule has 2 aliphatic heterocycles. The smallest absolute Gasteiger partial charge is 0.335 e. The molecule has 25 heavy (non-hydrogen) atoms. The number of hydrogen-bond donors (Lipinski definition) is 0. The van der Waals surface area contributed by atoms with Crippen molar-refractivity contribution in [3.63, 3.8) is 0 Å². The van der Waals surface area contributed by atoms with Gasteiger partial charge in [-0.1, -0.05) is 36.0 Å². The van der Waals surface area contributed by atoms with E-state index in [9.17, 15) is 4.79 Å². The van der Waals surface area contributed by atoms with Crippen LogP contribution in [0.2, 0.25) is 0 Å². The van der Waals surface area contributed by atoms with Gasteiger partial charge in [-0.15, -0.1) is 12.1 Å². The number of amides is 1. The molecular formula is C21H23KN2O. The van der Waals surface area contributed by atoms with Crippen LogP contribution in [0.5, 0.6) is 0 Å².